The van der Waals surface area contributed by atoms with Crippen LogP contribution in [0.15, 0.2) is 30.5 Å². The van der Waals surface area contributed by atoms with Gasteiger partial charge in [0.05, 0.1) is 11.7 Å². The molecule has 106 valence electrons. The van der Waals surface area contributed by atoms with Gasteiger partial charge >= 0.3 is 0 Å². The fraction of sp³-hybridized carbons (Fsp3) is 0.375. The maximum Gasteiger partial charge on any atom is 0.226 e. The molecule has 0 aliphatic rings. The normalized spacial score (nSPS) is 12.2. The van der Waals surface area contributed by atoms with Crippen molar-refractivity contribution in [2.75, 3.05) is 5.32 Å². The molecule has 0 aliphatic heterocycles. The molecule has 0 bridgehead atoms. The number of anilines is 1. The third-order valence-electron chi connectivity index (χ3n) is 3.55. The van der Waals surface area contributed by atoms with E-state index in [-0.39, 0.29) is 11.9 Å². The van der Waals surface area contributed by atoms with Gasteiger partial charge in [-0.05, 0) is 51.0 Å². The van der Waals surface area contributed by atoms with E-state index in [2.05, 4.69) is 10.4 Å². The number of benzene rings is 1. The lowest BCUT2D eigenvalue weighted by atomic mass is 10.1. The standard InChI is InChI=1S/C16H21N3O/c1-11-6-5-7-15(14(11)4)17-16(20)10-13(3)19-9-8-12(2)18-19/h5-9,13H,10H2,1-4H3,(H,17,20)/t13-/m1/s1. The average molecular weight is 271 g/mol. The Morgan fingerprint density at radius 1 is 1.30 bits per heavy atom. The van der Waals surface area contributed by atoms with Gasteiger partial charge < -0.3 is 5.32 Å². The van der Waals surface area contributed by atoms with Crippen LogP contribution in [-0.2, 0) is 4.79 Å². The van der Waals surface area contributed by atoms with E-state index in [1.165, 1.54) is 5.56 Å². The van der Waals surface area contributed by atoms with Crippen LogP contribution in [0, 0.1) is 20.8 Å². The van der Waals surface area contributed by atoms with Crippen molar-refractivity contribution in [3.05, 3.63) is 47.3 Å². The number of nitrogens with zero attached hydrogens (tertiary/aromatic N) is 2. The first-order valence-electron chi connectivity index (χ1n) is 6.85. The minimum absolute atomic E-state index is 0.0133. The predicted octanol–water partition coefficient (Wildman–Crippen LogP) is 3.40. The van der Waals surface area contributed by atoms with Gasteiger partial charge in [0.25, 0.3) is 0 Å². The lowest BCUT2D eigenvalue weighted by molar-refractivity contribution is -0.116. The second kappa shape index (κ2) is 5.90. The molecule has 0 saturated heterocycles. The summed E-state index contributed by atoms with van der Waals surface area (Å²) in [5.41, 5.74) is 4.15. The lowest BCUT2D eigenvalue weighted by Crippen LogP contribution is -2.18. The molecular formula is C16H21N3O. The maximum absolute atomic E-state index is 12.1. The molecule has 2 aromatic rings. The van der Waals surface area contributed by atoms with Crippen molar-refractivity contribution in [3.63, 3.8) is 0 Å². The van der Waals surface area contributed by atoms with Gasteiger partial charge in [0.2, 0.25) is 5.91 Å². The van der Waals surface area contributed by atoms with Gasteiger partial charge in [0, 0.05) is 18.3 Å². The molecule has 0 fully saturated rings. The van der Waals surface area contributed by atoms with Crippen LogP contribution in [-0.4, -0.2) is 15.7 Å². The van der Waals surface area contributed by atoms with E-state index in [0.29, 0.717) is 6.42 Å². The van der Waals surface area contributed by atoms with Crippen molar-refractivity contribution in [1.29, 1.82) is 0 Å². The van der Waals surface area contributed by atoms with Crippen LogP contribution in [0.3, 0.4) is 0 Å². The number of carbonyl (C=O) groups is 1. The maximum atomic E-state index is 12.1. The van der Waals surface area contributed by atoms with E-state index in [1.807, 2.05) is 62.8 Å². The van der Waals surface area contributed by atoms with Gasteiger partial charge in [-0.25, -0.2) is 0 Å². The molecule has 2 rings (SSSR count). The van der Waals surface area contributed by atoms with Crippen molar-refractivity contribution in [3.8, 4) is 0 Å². The molecule has 1 N–H and O–H groups in total. The van der Waals surface area contributed by atoms with E-state index in [0.717, 1.165) is 16.9 Å². The number of amides is 1. The largest absolute Gasteiger partial charge is 0.326 e. The molecule has 4 nitrogen and oxygen atoms in total. The van der Waals surface area contributed by atoms with Crippen LogP contribution in [0.4, 0.5) is 5.69 Å². The summed E-state index contributed by atoms with van der Waals surface area (Å²) in [7, 11) is 0. The van der Waals surface area contributed by atoms with Crippen molar-refractivity contribution >= 4 is 11.6 Å². The van der Waals surface area contributed by atoms with Gasteiger partial charge in [-0.2, -0.15) is 5.10 Å². The highest BCUT2D eigenvalue weighted by Gasteiger charge is 2.12. The molecule has 1 aromatic heterocycles. The highest BCUT2D eigenvalue weighted by molar-refractivity contribution is 5.91. The van der Waals surface area contributed by atoms with E-state index in [9.17, 15) is 4.79 Å². The summed E-state index contributed by atoms with van der Waals surface area (Å²) in [5, 5.41) is 7.32. The summed E-state index contributed by atoms with van der Waals surface area (Å²) in [5.74, 6) is 0.0133. The molecule has 0 aliphatic carbocycles. The number of hydrogen-bond acceptors (Lipinski definition) is 2. The summed E-state index contributed by atoms with van der Waals surface area (Å²) in [6.45, 7) is 8.00. The lowest BCUT2D eigenvalue weighted by Gasteiger charge is -2.14. The van der Waals surface area contributed by atoms with Crippen molar-refractivity contribution in [1.82, 2.24) is 9.78 Å². The average Bonchev–Trinajstić information content (AvgIpc) is 2.82. The molecular weight excluding hydrogens is 250 g/mol. The van der Waals surface area contributed by atoms with Crippen LogP contribution in [0.25, 0.3) is 0 Å². The van der Waals surface area contributed by atoms with Gasteiger partial charge in [-0.1, -0.05) is 12.1 Å². The van der Waals surface area contributed by atoms with Crippen LogP contribution >= 0.6 is 0 Å². The summed E-state index contributed by atoms with van der Waals surface area (Å²) in [6, 6.07) is 7.93. The quantitative estimate of drug-likeness (QED) is 0.926. The molecule has 0 unspecified atom stereocenters. The van der Waals surface area contributed by atoms with Crippen molar-refractivity contribution in [2.24, 2.45) is 0 Å². The summed E-state index contributed by atoms with van der Waals surface area (Å²) < 4.78 is 1.83. The van der Waals surface area contributed by atoms with Gasteiger partial charge in [0.15, 0.2) is 0 Å². The van der Waals surface area contributed by atoms with Crippen LogP contribution in [0.1, 0.15) is 36.2 Å². The fourth-order valence-electron chi connectivity index (χ4n) is 2.13. The van der Waals surface area contributed by atoms with Crippen molar-refractivity contribution < 1.29 is 4.79 Å². The number of hydrogen-bond donors (Lipinski definition) is 1. The summed E-state index contributed by atoms with van der Waals surface area (Å²) in [4.78, 5) is 12.1. The fourth-order valence-corrected chi connectivity index (χ4v) is 2.13. The Bertz CT molecular complexity index is 616. The molecule has 0 radical (unpaired) electrons. The van der Waals surface area contributed by atoms with Crippen molar-refractivity contribution in [2.45, 2.75) is 40.2 Å². The first kappa shape index (κ1) is 14.3. The summed E-state index contributed by atoms with van der Waals surface area (Å²) in [6.07, 6.45) is 2.32. The predicted molar refractivity (Wildman–Crippen MR) is 80.8 cm³/mol. The number of rotatable bonds is 4. The van der Waals surface area contributed by atoms with E-state index >= 15 is 0 Å². The van der Waals surface area contributed by atoms with Gasteiger partial charge in [0.1, 0.15) is 0 Å². The smallest absolute Gasteiger partial charge is 0.226 e. The first-order chi connectivity index (χ1) is 9.47. The Labute approximate surface area is 119 Å². The van der Waals surface area contributed by atoms with Gasteiger partial charge in [-0.15, -0.1) is 0 Å². The Balaban J connectivity index is 2.00. The molecule has 0 spiro atoms. The van der Waals surface area contributed by atoms with E-state index < -0.39 is 0 Å². The highest BCUT2D eigenvalue weighted by Crippen LogP contribution is 2.19. The number of carbonyl (C=O) groups excluding carboxylic acids is 1. The second-order valence-corrected chi connectivity index (χ2v) is 5.29. The van der Waals surface area contributed by atoms with Gasteiger partial charge in [-0.3, -0.25) is 9.48 Å². The Morgan fingerprint density at radius 2 is 2.05 bits per heavy atom. The number of nitrogens with one attached hydrogen (secondary N) is 1. The third-order valence-corrected chi connectivity index (χ3v) is 3.55. The minimum Gasteiger partial charge on any atom is -0.326 e. The highest BCUT2D eigenvalue weighted by atomic mass is 16.1. The molecule has 4 heteroatoms. The SMILES string of the molecule is Cc1ccn([C@H](C)CC(=O)Nc2cccc(C)c2C)n1. The van der Waals surface area contributed by atoms with E-state index in [1.54, 1.807) is 0 Å². The zero-order valence-corrected chi connectivity index (χ0v) is 12.5. The van der Waals surface area contributed by atoms with Crippen LogP contribution < -0.4 is 5.32 Å². The molecule has 1 atom stereocenters. The van der Waals surface area contributed by atoms with E-state index in [4.69, 9.17) is 0 Å². The number of aromatic nitrogens is 2. The zero-order chi connectivity index (χ0) is 14.7. The monoisotopic (exact) mass is 271 g/mol. The topological polar surface area (TPSA) is 46.9 Å². The zero-order valence-electron chi connectivity index (χ0n) is 12.5. The molecule has 20 heavy (non-hydrogen) atoms. The molecule has 0 saturated carbocycles. The Morgan fingerprint density at radius 3 is 2.70 bits per heavy atom. The number of aryl methyl sites for hydroxylation is 2. The molecule has 1 amide bonds. The third kappa shape index (κ3) is 3.26. The first-order valence-corrected chi connectivity index (χ1v) is 6.85. The Hall–Kier alpha value is -2.10. The minimum atomic E-state index is 0.0133. The molecule has 1 heterocycles. The second-order valence-electron chi connectivity index (χ2n) is 5.29. The Kier molecular flexibility index (Phi) is 4.23. The van der Waals surface area contributed by atoms with Crippen LogP contribution in [0.2, 0.25) is 0 Å². The molecule has 1 aromatic carbocycles. The summed E-state index contributed by atoms with van der Waals surface area (Å²) >= 11 is 0. The van der Waals surface area contributed by atoms with Crippen LogP contribution in [0.5, 0.6) is 0 Å².